The van der Waals surface area contributed by atoms with Crippen LogP contribution >= 0.6 is 12.4 Å². The fraction of sp³-hybridized carbons (Fsp3) is 0.750. The van der Waals surface area contributed by atoms with Crippen LogP contribution < -0.4 is 0 Å². The highest BCUT2D eigenvalue weighted by atomic mass is 35.5. The average Bonchev–Trinajstić information content (AvgIpc) is 2.37. The molecule has 1 amide bonds. The third kappa shape index (κ3) is 5.46. The molecule has 1 unspecified atom stereocenters. The first kappa shape index (κ1) is 17.7. The second-order valence-corrected chi connectivity index (χ2v) is 5.36. The van der Waals surface area contributed by atoms with Gasteiger partial charge in [0.05, 0.1) is 0 Å². The van der Waals surface area contributed by atoms with E-state index in [1.165, 1.54) is 4.90 Å². The number of halogens is 1. The Morgan fingerprint density at radius 1 is 1.32 bits per heavy atom. The van der Waals surface area contributed by atoms with E-state index in [2.05, 4.69) is 0 Å². The van der Waals surface area contributed by atoms with Crippen molar-refractivity contribution < 1.29 is 24.2 Å². The van der Waals surface area contributed by atoms with Gasteiger partial charge in [0.25, 0.3) is 0 Å². The lowest BCUT2D eigenvalue weighted by Crippen LogP contribution is -2.37. The minimum absolute atomic E-state index is 0. The topological polar surface area (TPSA) is 83.9 Å². The second kappa shape index (κ2) is 6.75. The molecular weight excluding hydrogens is 274 g/mol. The van der Waals surface area contributed by atoms with Crippen LogP contribution in [0.1, 0.15) is 33.6 Å². The molecule has 1 aliphatic heterocycles. The van der Waals surface area contributed by atoms with Gasteiger partial charge in [-0.3, -0.25) is 9.59 Å². The van der Waals surface area contributed by atoms with E-state index in [0.717, 1.165) is 0 Å². The highest BCUT2D eigenvalue weighted by Crippen LogP contribution is 2.17. The van der Waals surface area contributed by atoms with Crippen molar-refractivity contribution in [3.8, 4) is 0 Å². The maximum Gasteiger partial charge on any atom is 0.410 e. The lowest BCUT2D eigenvalue weighted by molar-refractivity contribution is -0.146. The van der Waals surface area contributed by atoms with Crippen molar-refractivity contribution in [2.24, 2.45) is 5.92 Å². The van der Waals surface area contributed by atoms with E-state index in [-0.39, 0.29) is 44.1 Å². The normalized spacial score (nSPS) is 20.3. The molecule has 0 aliphatic carbocycles. The molecule has 1 aliphatic rings. The Morgan fingerprint density at radius 2 is 1.89 bits per heavy atom. The zero-order valence-corrected chi connectivity index (χ0v) is 12.2. The number of rotatable bonds is 1. The van der Waals surface area contributed by atoms with E-state index < -0.39 is 23.6 Å². The van der Waals surface area contributed by atoms with E-state index in [4.69, 9.17) is 9.84 Å². The van der Waals surface area contributed by atoms with Crippen LogP contribution in [0.25, 0.3) is 0 Å². The van der Waals surface area contributed by atoms with E-state index in [0.29, 0.717) is 0 Å². The Morgan fingerprint density at radius 3 is 2.37 bits per heavy atom. The smallest absolute Gasteiger partial charge is 0.410 e. The van der Waals surface area contributed by atoms with Gasteiger partial charge < -0.3 is 14.7 Å². The summed E-state index contributed by atoms with van der Waals surface area (Å²) in [4.78, 5) is 35.6. The van der Waals surface area contributed by atoms with Crippen molar-refractivity contribution in [1.82, 2.24) is 4.90 Å². The lowest BCUT2D eigenvalue weighted by atomic mass is 10.00. The van der Waals surface area contributed by atoms with Crippen LogP contribution in [-0.4, -0.2) is 46.5 Å². The number of aliphatic carboxylic acids is 1. The number of amides is 1. The molecule has 0 aromatic rings. The predicted molar refractivity (Wildman–Crippen MR) is 70.4 cm³/mol. The Kier molecular flexibility index (Phi) is 6.29. The van der Waals surface area contributed by atoms with Crippen LogP contribution in [0.4, 0.5) is 4.79 Å². The summed E-state index contributed by atoms with van der Waals surface area (Å²) in [5, 5.41) is 8.89. The molecule has 0 radical (unpaired) electrons. The SMILES string of the molecule is CC(C)(C)OC(=O)N1CCC(=O)C(C(=O)O)CC1.Cl. The second-order valence-electron chi connectivity index (χ2n) is 5.36. The molecule has 1 atom stereocenters. The van der Waals surface area contributed by atoms with Crippen molar-refractivity contribution in [3.63, 3.8) is 0 Å². The molecule has 0 aromatic carbocycles. The monoisotopic (exact) mass is 293 g/mol. The van der Waals surface area contributed by atoms with E-state index >= 15 is 0 Å². The van der Waals surface area contributed by atoms with Gasteiger partial charge in [-0.15, -0.1) is 12.4 Å². The van der Waals surface area contributed by atoms with Crippen molar-refractivity contribution in [1.29, 1.82) is 0 Å². The molecule has 0 spiro atoms. The van der Waals surface area contributed by atoms with Gasteiger partial charge in [0.1, 0.15) is 17.3 Å². The maximum absolute atomic E-state index is 11.8. The van der Waals surface area contributed by atoms with Crippen molar-refractivity contribution in [2.75, 3.05) is 13.1 Å². The van der Waals surface area contributed by atoms with Crippen LogP contribution in [0.3, 0.4) is 0 Å². The maximum atomic E-state index is 11.8. The van der Waals surface area contributed by atoms with Gasteiger partial charge in [-0.25, -0.2) is 4.79 Å². The zero-order chi connectivity index (χ0) is 13.9. The Hall–Kier alpha value is -1.30. The summed E-state index contributed by atoms with van der Waals surface area (Å²) in [6, 6.07) is 0. The van der Waals surface area contributed by atoms with Gasteiger partial charge in [-0.2, -0.15) is 0 Å². The molecule has 110 valence electrons. The first-order valence-electron chi connectivity index (χ1n) is 5.94. The van der Waals surface area contributed by atoms with Crippen LogP contribution in [-0.2, 0) is 14.3 Å². The lowest BCUT2D eigenvalue weighted by Gasteiger charge is -2.26. The fourth-order valence-corrected chi connectivity index (χ4v) is 1.75. The molecule has 0 aromatic heterocycles. The molecule has 6 nitrogen and oxygen atoms in total. The van der Waals surface area contributed by atoms with Gasteiger partial charge in [0.2, 0.25) is 0 Å². The van der Waals surface area contributed by atoms with Crippen LogP contribution in [0.15, 0.2) is 0 Å². The summed E-state index contributed by atoms with van der Waals surface area (Å²) >= 11 is 0. The van der Waals surface area contributed by atoms with E-state index in [1.54, 1.807) is 20.8 Å². The number of Topliss-reactive ketones (excluding diaryl/α,β-unsaturated/α-hetero) is 1. The molecule has 1 fully saturated rings. The average molecular weight is 294 g/mol. The highest BCUT2D eigenvalue weighted by molar-refractivity contribution is 5.98. The number of nitrogens with zero attached hydrogens (tertiary/aromatic N) is 1. The number of carboxylic acid groups (broad SMARTS) is 1. The minimum Gasteiger partial charge on any atom is -0.481 e. The highest BCUT2D eigenvalue weighted by Gasteiger charge is 2.32. The standard InChI is InChI=1S/C12H19NO5.ClH/c1-12(2,3)18-11(17)13-6-4-8(10(15)16)9(14)5-7-13;/h8H,4-7H2,1-3H3,(H,15,16);1H. The minimum atomic E-state index is -1.12. The molecule has 19 heavy (non-hydrogen) atoms. The first-order valence-corrected chi connectivity index (χ1v) is 5.94. The molecule has 1 N–H and O–H groups in total. The van der Waals surface area contributed by atoms with Crippen LogP contribution in [0.5, 0.6) is 0 Å². The fourth-order valence-electron chi connectivity index (χ4n) is 1.75. The van der Waals surface area contributed by atoms with Crippen LogP contribution in [0.2, 0.25) is 0 Å². The quantitative estimate of drug-likeness (QED) is 0.744. The van der Waals surface area contributed by atoms with Crippen molar-refractivity contribution in [3.05, 3.63) is 0 Å². The largest absolute Gasteiger partial charge is 0.481 e. The summed E-state index contributed by atoms with van der Waals surface area (Å²) < 4.78 is 5.19. The van der Waals surface area contributed by atoms with E-state index in [1.807, 2.05) is 0 Å². The summed E-state index contributed by atoms with van der Waals surface area (Å²) in [5.74, 6) is -2.45. The molecule has 1 heterocycles. The number of ketones is 1. The molecule has 1 rings (SSSR count). The molecule has 1 saturated heterocycles. The first-order chi connectivity index (χ1) is 8.20. The third-order valence-electron chi connectivity index (χ3n) is 2.65. The summed E-state index contributed by atoms with van der Waals surface area (Å²) in [6.45, 7) is 5.73. The molecule has 0 saturated carbocycles. The molecule has 7 heteroatoms. The summed E-state index contributed by atoms with van der Waals surface area (Å²) in [5.41, 5.74) is -0.598. The van der Waals surface area contributed by atoms with Crippen LogP contribution in [0, 0.1) is 5.92 Å². The Balaban J connectivity index is 0.00000324. The summed E-state index contributed by atoms with van der Waals surface area (Å²) in [6.07, 6.45) is -0.287. The predicted octanol–water partition coefficient (Wildman–Crippen LogP) is 1.71. The van der Waals surface area contributed by atoms with Gasteiger partial charge in [0.15, 0.2) is 0 Å². The molecular formula is C12H20ClNO5. The number of carbonyl (C=O) groups excluding carboxylic acids is 2. The van der Waals surface area contributed by atoms with Gasteiger partial charge in [0, 0.05) is 19.5 Å². The van der Waals surface area contributed by atoms with Gasteiger partial charge in [-0.1, -0.05) is 0 Å². The van der Waals surface area contributed by atoms with Gasteiger partial charge in [-0.05, 0) is 27.2 Å². The molecule has 0 bridgehead atoms. The number of carbonyl (C=O) groups is 3. The van der Waals surface area contributed by atoms with Crippen molar-refractivity contribution in [2.45, 2.75) is 39.2 Å². The van der Waals surface area contributed by atoms with Crippen molar-refractivity contribution >= 4 is 30.3 Å². The number of carboxylic acids is 1. The Labute approximate surface area is 118 Å². The zero-order valence-electron chi connectivity index (χ0n) is 11.3. The Bertz CT molecular complexity index is 364. The summed E-state index contributed by atoms with van der Waals surface area (Å²) in [7, 11) is 0. The van der Waals surface area contributed by atoms with E-state index in [9.17, 15) is 14.4 Å². The number of hydrogen-bond acceptors (Lipinski definition) is 4. The third-order valence-corrected chi connectivity index (χ3v) is 2.65. The number of likely N-dealkylation sites (tertiary alicyclic amines) is 1. The number of ether oxygens (including phenoxy) is 1. The van der Waals surface area contributed by atoms with Gasteiger partial charge >= 0.3 is 12.1 Å². The number of hydrogen-bond donors (Lipinski definition) is 1.